The largest absolute Gasteiger partial charge is 0.456 e. The highest BCUT2D eigenvalue weighted by molar-refractivity contribution is 9.10. The Kier molecular flexibility index (Phi) is 3.62. The molecular weight excluding hydrogens is 296 g/mol. The average molecular weight is 307 g/mol. The molecule has 0 spiro atoms. The van der Waals surface area contributed by atoms with Crippen LogP contribution in [-0.2, 0) is 0 Å². The minimum absolute atomic E-state index is 0.177. The Morgan fingerprint density at radius 2 is 2.11 bits per heavy atom. The summed E-state index contributed by atoms with van der Waals surface area (Å²) in [6.45, 7) is 1.99. The van der Waals surface area contributed by atoms with Gasteiger partial charge in [-0.15, -0.1) is 0 Å². The van der Waals surface area contributed by atoms with Gasteiger partial charge in [-0.25, -0.2) is 0 Å². The maximum atomic E-state index is 11.0. The number of hydrogen-bond acceptors (Lipinski definition) is 3. The lowest BCUT2D eigenvalue weighted by Gasteiger charge is -2.08. The van der Waals surface area contributed by atoms with Gasteiger partial charge in [0.05, 0.1) is 4.47 Å². The number of halogens is 1. The summed E-state index contributed by atoms with van der Waals surface area (Å²) in [5, 5.41) is 0. The number of primary amides is 1. The molecule has 0 aliphatic rings. The number of rotatable bonds is 3. The number of hydrogen-bond donors (Lipinski definition) is 1. The smallest absolute Gasteiger partial charge is 0.267 e. The van der Waals surface area contributed by atoms with Gasteiger partial charge in [0, 0.05) is 12.3 Å². The minimum atomic E-state index is -0.580. The predicted octanol–water partition coefficient (Wildman–Crippen LogP) is 3.04. The summed E-state index contributed by atoms with van der Waals surface area (Å²) in [6.07, 6.45) is 1.48. The van der Waals surface area contributed by atoms with E-state index in [4.69, 9.17) is 10.5 Å². The van der Waals surface area contributed by atoms with Crippen LogP contribution in [0.5, 0.6) is 11.5 Å². The number of aryl methyl sites for hydroxylation is 1. The molecule has 0 unspecified atom stereocenters. The van der Waals surface area contributed by atoms with Gasteiger partial charge in [-0.1, -0.05) is 6.07 Å². The summed E-state index contributed by atoms with van der Waals surface area (Å²) in [6, 6.07) is 8.92. The predicted molar refractivity (Wildman–Crippen MR) is 71.7 cm³/mol. The topological polar surface area (TPSA) is 65.2 Å². The van der Waals surface area contributed by atoms with Crippen LogP contribution < -0.4 is 10.5 Å². The molecule has 0 saturated carbocycles. The second kappa shape index (κ2) is 5.18. The third kappa shape index (κ3) is 2.87. The van der Waals surface area contributed by atoms with Gasteiger partial charge in [0.25, 0.3) is 5.91 Å². The van der Waals surface area contributed by atoms with Gasteiger partial charge in [-0.05, 0) is 46.6 Å². The molecule has 4 nitrogen and oxygen atoms in total. The Bertz CT molecular complexity index is 599. The van der Waals surface area contributed by atoms with E-state index in [0.717, 1.165) is 10.0 Å². The van der Waals surface area contributed by atoms with Crippen LogP contribution in [0.3, 0.4) is 0 Å². The molecule has 18 heavy (non-hydrogen) atoms. The van der Waals surface area contributed by atoms with Gasteiger partial charge >= 0.3 is 0 Å². The maximum Gasteiger partial charge on any atom is 0.267 e. The van der Waals surface area contributed by atoms with Crippen LogP contribution in [0.4, 0.5) is 0 Å². The Hall–Kier alpha value is -1.88. The zero-order valence-electron chi connectivity index (χ0n) is 9.68. The monoisotopic (exact) mass is 306 g/mol. The number of nitrogens with zero attached hydrogens (tertiary/aromatic N) is 1. The van der Waals surface area contributed by atoms with Gasteiger partial charge in [-0.2, -0.15) is 0 Å². The molecule has 0 bridgehead atoms. The first-order valence-electron chi connectivity index (χ1n) is 5.26. The highest BCUT2D eigenvalue weighted by Gasteiger charge is 2.06. The normalized spacial score (nSPS) is 10.1. The van der Waals surface area contributed by atoms with Gasteiger partial charge in [0.2, 0.25) is 0 Å². The summed E-state index contributed by atoms with van der Waals surface area (Å²) < 4.78 is 6.51. The molecule has 1 aromatic carbocycles. The fourth-order valence-corrected chi connectivity index (χ4v) is 2.00. The molecule has 0 fully saturated rings. The van der Waals surface area contributed by atoms with Crippen molar-refractivity contribution in [2.75, 3.05) is 0 Å². The molecule has 2 N–H and O–H groups in total. The van der Waals surface area contributed by atoms with Crippen molar-refractivity contribution in [2.24, 2.45) is 5.73 Å². The Balaban J connectivity index is 2.28. The number of ether oxygens (including phenoxy) is 1. The van der Waals surface area contributed by atoms with E-state index in [-0.39, 0.29) is 5.69 Å². The van der Waals surface area contributed by atoms with Crippen molar-refractivity contribution in [1.29, 1.82) is 0 Å². The number of carbonyl (C=O) groups excluding carboxylic acids is 1. The summed E-state index contributed by atoms with van der Waals surface area (Å²) >= 11 is 3.42. The van der Waals surface area contributed by atoms with E-state index in [1.165, 1.54) is 12.3 Å². The second-order valence-electron chi connectivity index (χ2n) is 3.78. The Morgan fingerprint density at radius 1 is 1.33 bits per heavy atom. The highest BCUT2D eigenvalue weighted by atomic mass is 79.9. The van der Waals surface area contributed by atoms with Crippen LogP contribution in [0.1, 0.15) is 16.1 Å². The summed E-state index contributed by atoms with van der Waals surface area (Å²) in [5.41, 5.74) is 6.46. The van der Waals surface area contributed by atoms with E-state index in [0.29, 0.717) is 11.5 Å². The molecule has 5 heteroatoms. The van der Waals surface area contributed by atoms with E-state index in [1.54, 1.807) is 6.07 Å². The molecule has 0 radical (unpaired) electrons. The molecule has 92 valence electrons. The Morgan fingerprint density at radius 3 is 2.78 bits per heavy atom. The van der Waals surface area contributed by atoms with E-state index in [9.17, 15) is 4.79 Å². The second-order valence-corrected chi connectivity index (χ2v) is 4.63. The van der Waals surface area contributed by atoms with E-state index >= 15 is 0 Å². The van der Waals surface area contributed by atoms with Gasteiger partial charge < -0.3 is 10.5 Å². The molecule has 2 rings (SSSR count). The third-order valence-corrected chi connectivity index (χ3v) is 2.92. The fraction of sp³-hybridized carbons (Fsp3) is 0.0769. The third-order valence-electron chi connectivity index (χ3n) is 2.30. The van der Waals surface area contributed by atoms with Crippen LogP contribution >= 0.6 is 15.9 Å². The van der Waals surface area contributed by atoms with E-state index in [1.807, 2.05) is 25.1 Å². The van der Waals surface area contributed by atoms with Crippen LogP contribution in [0.25, 0.3) is 0 Å². The fourth-order valence-electron chi connectivity index (χ4n) is 1.43. The number of amides is 1. The standard InChI is InChI=1S/C13H11BrN2O2/c1-8-2-3-12(10(14)6-8)18-9-4-5-16-11(7-9)13(15)17/h2-7H,1H3,(H2,15,17). The van der Waals surface area contributed by atoms with Gasteiger partial charge in [0.15, 0.2) is 0 Å². The molecule has 1 heterocycles. The average Bonchev–Trinajstić information content (AvgIpc) is 2.33. The SMILES string of the molecule is Cc1ccc(Oc2ccnc(C(N)=O)c2)c(Br)c1. The zero-order valence-corrected chi connectivity index (χ0v) is 11.3. The first-order chi connectivity index (χ1) is 8.56. The number of benzene rings is 1. The first-order valence-corrected chi connectivity index (χ1v) is 6.05. The lowest BCUT2D eigenvalue weighted by molar-refractivity contribution is 0.0995. The number of nitrogens with two attached hydrogens (primary N) is 1. The van der Waals surface area contributed by atoms with Crippen molar-refractivity contribution in [2.45, 2.75) is 6.92 Å². The molecular formula is C13H11BrN2O2. The number of aromatic nitrogens is 1. The first kappa shape index (κ1) is 12.6. The number of carbonyl (C=O) groups is 1. The van der Waals surface area contributed by atoms with Crippen LogP contribution in [0, 0.1) is 6.92 Å². The maximum absolute atomic E-state index is 11.0. The Labute approximate surface area is 113 Å². The molecule has 2 aromatic rings. The summed E-state index contributed by atoms with van der Waals surface area (Å²) in [4.78, 5) is 14.9. The van der Waals surface area contributed by atoms with E-state index in [2.05, 4.69) is 20.9 Å². The van der Waals surface area contributed by atoms with Crippen LogP contribution in [0.2, 0.25) is 0 Å². The molecule has 0 saturated heterocycles. The van der Waals surface area contributed by atoms with Gasteiger partial charge in [0.1, 0.15) is 17.2 Å². The van der Waals surface area contributed by atoms with Crippen LogP contribution in [-0.4, -0.2) is 10.9 Å². The van der Waals surface area contributed by atoms with Crippen LogP contribution in [0.15, 0.2) is 41.0 Å². The van der Waals surface area contributed by atoms with Gasteiger partial charge in [-0.3, -0.25) is 9.78 Å². The zero-order chi connectivity index (χ0) is 13.1. The highest BCUT2D eigenvalue weighted by Crippen LogP contribution is 2.30. The summed E-state index contributed by atoms with van der Waals surface area (Å²) in [7, 11) is 0. The van der Waals surface area contributed by atoms with Crippen molar-refractivity contribution < 1.29 is 9.53 Å². The lowest BCUT2D eigenvalue weighted by atomic mass is 10.2. The molecule has 0 aliphatic heterocycles. The number of pyridine rings is 1. The van der Waals surface area contributed by atoms with E-state index < -0.39 is 5.91 Å². The molecule has 0 atom stereocenters. The molecule has 1 aromatic heterocycles. The molecule has 0 aliphatic carbocycles. The minimum Gasteiger partial charge on any atom is -0.456 e. The van der Waals surface area contributed by atoms with Crippen molar-refractivity contribution in [3.05, 3.63) is 52.3 Å². The van der Waals surface area contributed by atoms with Crippen molar-refractivity contribution in [3.63, 3.8) is 0 Å². The lowest BCUT2D eigenvalue weighted by Crippen LogP contribution is -2.12. The van der Waals surface area contributed by atoms with Crippen molar-refractivity contribution >= 4 is 21.8 Å². The molecule has 1 amide bonds. The quantitative estimate of drug-likeness (QED) is 0.948. The van der Waals surface area contributed by atoms with Crippen molar-refractivity contribution in [3.8, 4) is 11.5 Å². The summed E-state index contributed by atoms with van der Waals surface area (Å²) in [5.74, 6) is 0.606. The van der Waals surface area contributed by atoms with Crippen molar-refractivity contribution in [1.82, 2.24) is 4.98 Å².